The van der Waals surface area contributed by atoms with Gasteiger partial charge in [0.1, 0.15) is 15.7 Å². The van der Waals surface area contributed by atoms with Crippen LogP contribution in [0, 0.1) is 0 Å². The van der Waals surface area contributed by atoms with E-state index in [0.717, 1.165) is 27.5 Å². The van der Waals surface area contributed by atoms with Gasteiger partial charge < -0.3 is 11.1 Å². The molecule has 0 saturated carbocycles. The first-order valence-corrected chi connectivity index (χ1v) is 7.64. The van der Waals surface area contributed by atoms with E-state index in [4.69, 9.17) is 5.73 Å². The molecule has 0 amide bonds. The summed E-state index contributed by atoms with van der Waals surface area (Å²) in [6, 6.07) is 2.13. The van der Waals surface area contributed by atoms with Crippen LogP contribution in [-0.2, 0) is 13.0 Å². The van der Waals surface area contributed by atoms with Crippen LogP contribution in [0.5, 0.6) is 0 Å². The molecule has 0 aliphatic rings. The van der Waals surface area contributed by atoms with Crippen LogP contribution >= 0.6 is 22.7 Å². The highest BCUT2D eigenvalue weighted by Crippen LogP contribution is 2.30. The van der Waals surface area contributed by atoms with Crippen molar-refractivity contribution in [2.75, 3.05) is 11.1 Å². The SMILES string of the molecule is CCc1cc2c(NCc3nccs3)nc(N)nc2s1. The van der Waals surface area contributed by atoms with Crippen molar-refractivity contribution < 1.29 is 0 Å². The molecule has 0 bridgehead atoms. The maximum Gasteiger partial charge on any atom is 0.223 e. The van der Waals surface area contributed by atoms with Crippen LogP contribution < -0.4 is 11.1 Å². The highest BCUT2D eigenvalue weighted by Gasteiger charge is 2.10. The van der Waals surface area contributed by atoms with Gasteiger partial charge in [0.15, 0.2) is 0 Å². The molecule has 3 N–H and O–H groups in total. The summed E-state index contributed by atoms with van der Waals surface area (Å²) < 4.78 is 0. The first kappa shape index (κ1) is 12.3. The maximum atomic E-state index is 5.76. The summed E-state index contributed by atoms with van der Waals surface area (Å²) in [5.41, 5.74) is 5.76. The summed E-state index contributed by atoms with van der Waals surface area (Å²) in [6.07, 6.45) is 2.79. The number of nitrogens with two attached hydrogens (primary N) is 1. The van der Waals surface area contributed by atoms with Gasteiger partial charge in [-0.15, -0.1) is 22.7 Å². The van der Waals surface area contributed by atoms with Crippen molar-refractivity contribution in [2.45, 2.75) is 19.9 Å². The third-order valence-corrected chi connectivity index (χ3v) is 4.65. The maximum absolute atomic E-state index is 5.76. The normalized spacial score (nSPS) is 11.0. The largest absolute Gasteiger partial charge is 0.368 e. The Kier molecular flexibility index (Phi) is 3.31. The average molecular weight is 291 g/mol. The molecule has 3 heterocycles. The molecular formula is C12H13N5S2. The van der Waals surface area contributed by atoms with E-state index in [0.29, 0.717) is 12.5 Å². The predicted octanol–water partition coefficient (Wildman–Crippen LogP) is 2.90. The Bertz CT molecular complexity index is 690. The van der Waals surface area contributed by atoms with Gasteiger partial charge in [-0.05, 0) is 12.5 Å². The minimum absolute atomic E-state index is 0.304. The van der Waals surface area contributed by atoms with E-state index in [1.54, 1.807) is 28.9 Å². The molecule has 0 atom stereocenters. The number of aromatic nitrogens is 3. The lowest BCUT2D eigenvalue weighted by Crippen LogP contribution is -2.04. The second-order valence-corrected chi connectivity index (χ2v) is 6.09. The Labute approximate surface area is 118 Å². The number of thiophene rings is 1. The van der Waals surface area contributed by atoms with Crippen molar-refractivity contribution in [3.8, 4) is 0 Å². The highest BCUT2D eigenvalue weighted by atomic mass is 32.1. The number of hydrogen-bond donors (Lipinski definition) is 2. The zero-order valence-corrected chi connectivity index (χ0v) is 12.0. The molecule has 0 saturated heterocycles. The van der Waals surface area contributed by atoms with Gasteiger partial charge in [0, 0.05) is 16.5 Å². The quantitative estimate of drug-likeness (QED) is 0.773. The lowest BCUT2D eigenvalue weighted by atomic mass is 10.3. The monoisotopic (exact) mass is 291 g/mol. The zero-order chi connectivity index (χ0) is 13.2. The van der Waals surface area contributed by atoms with Gasteiger partial charge >= 0.3 is 0 Å². The van der Waals surface area contributed by atoms with Gasteiger partial charge in [-0.1, -0.05) is 6.92 Å². The van der Waals surface area contributed by atoms with Crippen LogP contribution in [0.25, 0.3) is 10.2 Å². The molecule has 0 spiro atoms. The van der Waals surface area contributed by atoms with E-state index in [2.05, 4.69) is 33.3 Å². The van der Waals surface area contributed by atoms with E-state index < -0.39 is 0 Å². The number of nitrogens with one attached hydrogen (secondary N) is 1. The van der Waals surface area contributed by atoms with E-state index in [1.807, 2.05) is 5.38 Å². The fourth-order valence-corrected chi connectivity index (χ4v) is 3.33. The number of thiazole rings is 1. The number of anilines is 2. The van der Waals surface area contributed by atoms with Crippen LogP contribution in [0.15, 0.2) is 17.6 Å². The zero-order valence-electron chi connectivity index (χ0n) is 10.4. The van der Waals surface area contributed by atoms with Gasteiger partial charge in [-0.3, -0.25) is 0 Å². The summed E-state index contributed by atoms with van der Waals surface area (Å²) >= 11 is 3.28. The average Bonchev–Trinajstić information content (AvgIpc) is 3.04. The fraction of sp³-hybridized carbons (Fsp3) is 0.250. The molecule has 5 nitrogen and oxygen atoms in total. The Hall–Kier alpha value is -1.73. The summed E-state index contributed by atoms with van der Waals surface area (Å²) in [5, 5.41) is 7.31. The third kappa shape index (κ3) is 2.52. The molecule has 0 aliphatic carbocycles. The highest BCUT2D eigenvalue weighted by molar-refractivity contribution is 7.18. The van der Waals surface area contributed by atoms with Crippen LogP contribution in [0.3, 0.4) is 0 Å². The summed E-state index contributed by atoms with van der Waals surface area (Å²) in [6.45, 7) is 2.78. The van der Waals surface area contributed by atoms with Crippen LogP contribution in [0.1, 0.15) is 16.8 Å². The van der Waals surface area contributed by atoms with Crippen LogP contribution in [-0.4, -0.2) is 15.0 Å². The van der Waals surface area contributed by atoms with E-state index in [-0.39, 0.29) is 0 Å². The van der Waals surface area contributed by atoms with E-state index in [1.165, 1.54) is 4.88 Å². The van der Waals surface area contributed by atoms with E-state index >= 15 is 0 Å². The number of fused-ring (bicyclic) bond motifs is 1. The molecule has 3 aromatic heterocycles. The topological polar surface area (TPSA) is 76.7 Å². The van der Waals surface area contributed by atoms with E-state index in [9.17, 15) is 0 Å². The molecule has 0 radical (unpaired) electrons. The first-order valence-electron chi connectivity index (χ1n) is 5.94. The molecule has 0 unspecified atom stereocenters. The van der Waals surface area contributed by atoms with Gasteiger partial charge in [0.05, 0.1) is 11.9 Å². The lowest BCUT2D eigenvalue weighted by molar-refractivity contribution is 1.08. The molecule has 0 fully saturated rings. The predicted molar refractivity (Wildman–Crippen MR) is 80.6 cm³/mol. The molecule has 0 aromatic carbocycles. The molecule has 7 heteroatoms. The van der Waals surface area contributed by atoms with Crippen molar-refractivity contribution >= 4 is 44.7 Å². The Morgan fingerprint density at radius 1 is 1.37 bits per heavy atom. The number of hydrogen-bond acceptors (Lipinski definition) is 7. The van der Waals surface area contributed by atoms with Crippen molar-refractivity contribution in [1.29, 1.82) is 0 Å². The molecular weight excluding hydrogens is 278 g/mol. The molecule has 19 heavy (non-hydrogen) atoms. The molecule has 3 rings (SSSR count). The minimum Gasteiger partial charge on any atom is -0.368 e. The Morgan fingerprint density at radius 3 is 3.00 bits per heavy atom. The van der Waals surface area contributed by atoms with Gasteiger partial charge in [0.2, 0.25) is 5.95 Å². The third-order valence-electron chi connectivity index (χ3n) is 2.70. The number of nitrogen functional groups attached to an aromatic ring is 1. The van der Waals surface area contributed by atoms with Crippen molar-refractivity contribution in [1.82, 2.24) is 15.0 Å². The molecule has 98 valence electrons. The fourth-order valence-electron chi connectivity index (χ4n) is 1.80. The summed E-state index contributed by atoms with van der Waals surface area (Å²) in [7, 11) is 0. The molecule has 0 aliphatic heterocycles. The van der Waals surface area contributed by atoms with Crippen molar-refractivity contribution in [2.24, 2.45) is 0 Å². The second-order valence-electron chi connectivity index (χ2n) is 3.99. The standard InChI is InChI=1S/C12H13N5S2/c1-2-7-5-8-10(15-6-9-14-3-4-18-9)16-12(13)17-11(8)19-7/h3-5H,2,6H2,1H3,(H3,13,15,16,17). The smallest absolute Gasteiger partial charge is 0.223 e. The van der Waals surface area contributed by atoms with Gasteiger partial charge in [-0.2, -0.15) is 4.98 Å². The van der Waals surface area contributed by atoms with Gasteiger partial charge in [0.25, 0.3) is 0 Å². The second kappa shape index (κ2) is 5.10. The summed E-state index contributed by atoms with van der Waals surface area (Å²) in [5.74, 6) is 1.09. The van der Waals surface area contributed by atoms with Crippen molar-refractivity contribution in [3.05, 3.63) is 27.5 Å². The van der Waals surface area contributed by atoms with Gasteiger partial charge in [-0.25, -0.2) is 9.97 Å². The van der Waals surface area contributed by atoms with Crippen molar-refractivity contribution in [3.63, 3.8) is 0 Å². The lowest BCUT2D eigenvalue weighted by Gasteiger charge is -2.05. The van der Waals surface area contributed by atoms with Crippen LogP contribution in [0.4, 0.5) is 11.8 Å². The minimum atomic E-state index is 0.304. The summed E-state index contributed by atoms with van der Waals surface area (Å²) in [4.78, 5) is 15.0. The Balaban J connectivity index is 1.94. The first-order chi connectivity index (χ1) is 9.26. The number of nitrogens with zero attached hydrogens (tertiary/aromatic N) is 3. The molecule has 3 aromatic rings. The van der Waals surface area contributed by atoms with Crippen LogP contribution in [0.2, 0.25) is 0 Å². The Morgan fingerprint density at radius 2 is 2.26 bits per heavy atom. The number of aryl methyl sites for hydroxylation is 1. The number of rotatable bonds is 4.